The van der Waals surface area contributed by atoms with Crippen molar-refractivity contribution < 1.29 is 19.0 Å². The van der Waals surface area contributed by atoms with Crippen LogP contribution in [0.15, 0.2) is 36.4 Å². The van der Waals surface area contributed by atoms with Crippen LogP contribution >= 0.6 is 24.8 Å². The van der Waals surface area contributed by atoms with E-state index in [9.17, 15) is 4.79 Å². The van der Waals surface area contributed by atoms with Crippen molar-refractivity contribution in [3.05, 3.63) is 53.1 Å². The number of methoxy groups -OCH3 is 3. The van der Waals surface area contributed by atoms with Crippen LogP contribution in [0.4, 0.5) is 0 Å². The molecule has 0 aliphatic carbocycles. The summed E-state index contributed by atoms with van der Waals surface area (Å²) in [6, 6.07) is 12.1. The molecule has 1 heterocycles. The fraction of sp³-hybridized carbons (Fsp3) is 0.435. The Hall–Kier alpha value is -1.99. The van der Waals surface area contributed by atoms with Crippen molar-refractivity contribution in [3.8, 4) is 17.2 Å². The van der Waals surface area contributed by atoms with E-state index < -0.39 is 0 Å². The molecule has 0 atom stereocenters. The molecule has 3 rings (SSSR count). The van der Waals surface area contributed by atoms with Crippen LogP contribution in [0.1, 0.15) is 21.5 Å². The molecule has 31 heavy (non-hydrogen) atoms. The molecule has 0 bridgehead atoms. The summed E-state index contributed by atoms with van der Waals surface area (Å²) in [6.07, 6.45) is 0. The van der Waals surface area contributed by atoms with E-state index in [-0.39, 0.29) is 30.6 Å². The van der Waals surface area contributed by atoms with Crippen LogP contribution in [-0.4, -0.2) is 69.6 Å². The zero-order valence-corrected chi connectivity index (χ0v) is 20.2. The maximum atomic E-state index is 12.9. The van der Waals surface area contributed by atoms with Crippen molar-refractivity contribution in [2.24, 2.45) is 0 Å². The fourth-order valence-electron chi connectivity index (χ4n) is 3.71. The first-order valence-electron chi connectivity index (χ1n) is 9.87. The first kappa shape index (κ1) is 27.0. The van der Waals surface area contributed by atoms with Crippen LogP contribution in [0.2, 0.25) is 0 Å². The second-order valence-electron chi connectivity index (χ2n) is 7.38. The number of ether oxygens (including phenoxy) is 3. The third kappa shape index (κ3) is 7.01. The van der Waals surface area contributed by atoms with Gasteiger partial charge in [0.15, 0.2) is 17.3 Å². The average Bonchev–Trinajstić information content (AvgIpc) is 2.74. The van der Waals surface area contributed by atoms with Gasteiger partial charge in [-0.25, -0.2) is 0 Å². The zero-order valence-electron chi connectivity index (χ0n) is 18.6. The van der Waals surface area contributed by atoms with E-state index in [1.54, 1.807) is 33.5 Å². The van der Waals surface area contributed by atoms with Crippen LogP contribution < -0.4 is 14.2 Å². The van der Waals surface area contributed by atoms with E-state index in [0.717, 1.165) is 32.7 Å². The number of rotatable bonds is 8. The fourth-order valence-corrected chi connectivity index (χ4v) is 3.71. The molecule has 1 fully saturated rings. The van der Waals surface area contributed by atoms with Crippen LogP contribution in [0.3, 0.4) is 0 Å². The molecular formula is C23H32Cl2N2O4. The van der Waals surface area contributed by atoms with Crippen molar-refractivity contribution in [2.75, 3.05) is 54.1 Å². The van der Waals surface area contributed by atoms with Gasteiger partial charge in [-0.15, -0.1) is 24.8 Å². The Morgan fingerprint density at radius 2 is 1.45 bits per heavy atom. The highest BCUT2D eigenvalue weighted by Crippen LogP contribution is 2.38. The lowest BCUT2D eigenvalue weighted by atomic mass is 10.1. The third-order valence-corrected chi connectivity index (χ3v) is 5.31. The Labute approximate surface area is 197 Å². The van der Waals surface area contributed by atoms with Crippen molar-refractivity contribution in [1.82, 2.24) is 9.80 Å². The smallest absolute Gasteiger partial charge is 0.203 e. The molecule has 0 saturated carbocycles. The Morgan fingerprint density at radius 3 is 1.97 bits per heavy atom. The first-order valence-corrected chi connectivity index (χ1v) is 9.87. The molecule has 0 N–H and O–H groups in total. The molecule has 0 radical (unpaired) electrons. The van der Waals surface area contributed by atoms with Gasteiger partial charge >= 0.3 is 0 Å². The van der Waals surface area contributed by atoms with Crippen molar-refractivity contribution in [3.63, 3.8) is 0 Å². The summed E-state index contributed by atoms with van der Waals surface area (Å²) in [5.41, 5.74) is 3.20. The number of Topliss-reactive ketones (excluding diaryl/α,β-unsaturated/α-hetero) is 1. The van der Waals surface area contributed by atoms with Crippen molar-refractivity contribution in [1.29, 1.82) is 0 Å². The van der Waals surface area contributed by atoms with Crippen LogP contribution in [-0.2, 0) is 6.54 Å². The van der Waals surface area contributed by atoms with Crippen LogP contribution in [0.25, 0.3) is 0 Å². The van der Waals surface area contributed by atoms with Gasteiger partial charge in [-0.2, -0.15) is 0 Å². The summed E-state index contributed by atoms with van der Waals surface area (Å²) in [7, 11) is 4.66. The maximum Gasteiger partial charge on any atom is 0.203 e. The summed E-state index contributed by atoms with van der Waals surface area (Å²) in [5, 5.41) is 0. The van der Waals surface area contributed by atoms with Gasteiger partial charge in [0.1, 0.15) is 0 Å². The number of aryl methyl sites for hydroxylation is 1. The molecule has 1 saturated heterocycles. The van der Waals surface area contributed by atoms with Gasteiger partial charge in [0.2, 0.25) is 5.75 Å². The Balaban J connectivity index is 0.00000240. The number of hydrogen-bond donors (Lipinski definition) is 0. The lowest BCUT2D eigenvalue weighted by Crippen LogP contribution is -2.47. The van der Waals surface area contributed by atoms with Crippen molar-refractivity contribution >= 4 is 30.6 Å². The van der Waals surface area contributed by atoms with E-state index in [0.29, 0.717) is 29.4 Å². The second-order valence-corrected chi connectivity index (χ2v) is 7.38. The van der Waals surface area contributed by atoms with Crippen LogP contribution in [0, 0.1) is 6.92 Å². The lowest BCUT2D eigenvalue weighted by molar-refractivity contribution is 0.0843. The highest BCUT2D eigenvalue weighted by molar-refractivity contribution is 5.98. The predicted octanol–water partition coefficient (Wildman–Crippen LogP) is 3.86. The van der Waals surface area contributed by atoms with E-state index >= 15 is 0 Å². The third-order valence-electron chi connectivity index (χ3n) is 5.31. The molecule has 0 aromatic heterocycles. The number of carbonyl (C=O) groups is 1. The minimum absolute atomic E-state index is 0. The molecule has 172 valence electrons. The molecule has 8 heteroatoms. The summed E-state index contributed by atoms with van der Waals surface area (Å²) in [4.78, 5) is 17.5. The second kappa shape index (κ2) is 12.8. The molecule has 0 unspecified atom stereocenters. The number of benzene rings is 2. The Kier molecular flexibility index (Phi) is 11.1. The standard InChI is InChI=1S/C23H30N2O4.2ClH/c1-17-6-5-7-18(12-17)15-24-8-10-25(11-9-24)16-20(26)19-13-21(27-2)23(29-4)22(14-19)28-3;;/h5-7,12-14H,8-11,15-16H2,1-4H3;2*1H. The highest BCUT2D eigenvalue weighted by atomic mass is 35.5. The van der Waals surface area contributed by atoms with Crippen molar-refractivity contribution in [2.45, 2.75) is 13.5 Å². The SMILES string of the molecule is COc1cc(C(=O)CN2CCN(Cc3cccc(C)c3)CC2)cc(OC)c1OC.Cl.Cl. The minimum atomic E-state index is 0. The van der Waals surface area contributed by atoms with Gasteiger partial charge < -0.3 is 14.2 Å². The number of piperazine rings is 1. The largest absolute Gasteiger partial charge is 0.493 e. The van der Waals surface area contributed by atoms with Gasteiger partial charge in [-0.1, -0.05) is 29.8 Å². The van der Waals surface area contributed by atoms with E-state index in [1.807, 2.05) is 0 Å². The molecule has 1 aliphatic heterocycles. The summed E-state index contributed by atoms with van der Waals surface area (Å²) >= 11 is 0. The topological polar surface area (TPSA) is 51.2 Å². The normalized spacial score (nSPS) is 14.2. The van der Waals surface area contributed by atoms with Gasteiger partial charge in [0.25, 0.3) is 0 Å². The predicted molar refractivity (Wildman–Crippen MR) is 128 cm³/mol. The number of carbonyl (C=O) groups excluding carboxylic acids is 1. The summed E-state index contributed by atoms with van der Waals surface area (Å²) in [5.74, 6) is 1.55. The number of hydrogen-bond acceptors (Lipinski definition) is 6. The Bertz CT molecular complexity index is 830. The molecule has 6 nitrogen and oxygen atoms in total. The van der Waals surface area contributed by atoms with E-state index in [2.05, 4.69) is 41.0 Å². The average molecular weight is 471 g/mol. The maximum absolute atomic E-state index is 12.9. The quantitative estimate of drug-likeness (QED) is 0.545. The van der Waals surface area contributed by atoms with Gasteiger partial charge in [0.05, 0.1) is 27.9 Å². The summed E-state index contributed by atoms with van der Waals surface area (Å²) in [6.45, 7) is 7.13. The van der Waals surface area contributed by atoms with Gasteiger partial charge in [-0.3, -0.25) is 14.6 Å². The van der Waals surface area contributed by atoms with E-state index in [1.165, 1.54) is 11.1 Å². The summed E-state index contributed by atoms with van der Waals surface area (Å²) < 4.78 is 16.1. The monoisotopic (exact) mass is 470 g/mol. The molecule has 2 aromatic carbocycles. The van der Waals surface area contributed by atoms with E-state index in [4.69, 9.17) is 14.2 Å². The Morgan fingerprint density at radius 1 is 0.871 bits per heavy atom. The number of halogens is 2. The number of nitrogens with zero attached hydrogens (tertiary/aromatic N) is 2. The molecule has 1 aliphatic rings. The number of ketones is 1. The van der Waals surface area contributed by atoms with Crippen LogP contribution in [0.5, 0.6) is 17.2 Å². The first-order chi connectivity index (χ1) is 14.0. The van der Waals surface area contributed by atoms with Gasteiger partial charge in [-0.05, 0) is 24.6 Å². The molecule has 0 amide bonds. The molecule has 0 spiro atoms. The molecule has 2 aromatic rings. The highest BCUT2D eigenvalue weighted by Gasteiger charge is 2.22. The lowest BCUT2D eigenvalue weighted by Gasteiger charge is -2.34. The van der Waals surface area contributed by atoms with Gasteiger partial charge in [0, 0.05) is 38.3 Å². The zero-order chi connectivity index (χ0) is 20.8. The molecular weight excluding hydrogens is 439 g/mol. The minimum Gasteiger partial charge on any atom is -0.493 e.